The van der Waals surface area contributed by atoms with Crippen molar-refractivity contribution in [3.8, 4) is 17.6 Å². The fraction of sp³-hybridized carbons (Fsp3) is 0.308. The van der Waals surface area contributed by atoms with Crippen molar-refractivity contribution in [1.82, 2.24) is 5.32 Å². The second kappa shape index (κ2) is 7.20. The number of benzene rings is 1. The molecule has 0 aliphatic carbocycles. The number of anilines is 1. The highest BCUT2D eigenvalue weighted by atomic mass is 16.5. The number of hydrogen-bond donors (Lipinski definition) is 3. The van der Waals surface area contributed by atoms with Crippen LogP contribution < -0.4 is 15.4 Å². The number of methoxy groups -OCH3 is 1. The summed E-state index contributed by atoms with van der Waals surface area (Å²) in [4.78, 5) is 11.3. The van der Waals surface area contributed by atoms with Gasteiger partial charge in [-0.15, -0.1) is 0 Å². The van der Waals surface area contributed by atoms with Crippen LogP contribution in [0.4, 0.5) is 10.5 Å². The summed E-state index contributed by atoms with van der Waals surface area (Å²) in [6, 6.07) is 4.92. The van der Waals surface area contributed by atoms with Gasteiger partial charge in [0.1, 0.15) is 5.75 Å². The number of rotatable bonds is 3. The summed E-state index contributed by atoms with van der Waals surface area (Å²) in [5.41, 5.74) is 1.29. The minimum Gasteiger partial charge on any atom is -0.495 e. The molecule has 0 fully saturated rings. The Balaban J connectivity index is 2.95. The van der Waals surface area contributed by atoms with Gasteiger partial charge in [-0.25, -0.2) is 4.79 Å². The zero-order chi connectivity index (χ0) is 13.4. The molecule has 1 aromatic carbocycles. The highest BCUT2D eigenvalue weighted by Gasteiger charge is 2.06. The van der Waals surface area contributed by atoms with Crippen LogP contribution >= 0.6 is 0 Å². The SMILES string of the molecule is CNC(=O)Nc1cc(C#CCCO)ccc1OC. The lowest BCUT2D eigenvalue weighted by atomic mass is 10.2. The third-order valence-electron chi connectivity index (χ3n) is 2.14. The second-order valence-corrected chi connectivity index (χ2v) is 3.39. The molecular weight excluding hydrogens is 232 g/mol. The van der Waals surface area contributed by atoms with E-state index in [9.17, 15) is 4.79 Å². The number of ether oxygens (including phenoxy) is 1. The van der Waals surface area contributed by atoms with Gasteiger partial charge >= 0.3 is 6.03 Å². The van der Waals surface area contributed by atoms with E-state index in [-0.39, 0.29) is 12.6 Å². The number of urea groups is 1. The molecule has 0 aliphatic heterocycles. The summed E-state index contributed by atoms with van der Waals surface area (Å²) < 4.78 is 5.14. The molecule has 5 heteroatoms. The van der Waals surface area contributed by atoms with E-state index in [0.717, 1.165) is 5.56 Å². The van der Waals surface area contributed by atoms with Crippen molar-refractivity contribution in [2.75, 3.05) is 26.1 Å². The molecule has 0 saturated carbocycles. The van der Waals surface area contributed by atoms with Crippen molar-refractivity contribution in [1.29, 1.82) is 0 Å². The molecule has 0 atom stereocenters. The number of nitrogens with one attached hydrogen (secondary N) is 2. The molecule has 3 N–H and O–H groups in total. The average molecular weight is 248 g/mol. The Morgan fingerprint density at radius 2 is 2.28 bits per heavy atom. The molecule has 0 heterocycles. The lowest BCUT2D eigenvalue weighted by molar-refractivity contribution is 0.254. The Hall–Kier alpha value is -2.19. The molecule has 0 radical (unpaired) electrons. The number of aliphatic hydroxyl groups is 1. The quantitative estimate of drug-likeness (QED) is 0.703. The van der Waals surface area contributed by atoms with E-state index in [4.69, 9.17) is 9.84 Å². The lowest BCUT2D eigenvalue weighted by Crippen LogP contribution is -2.24. The second-order valence-electron chi connectivity index (χ2n) is 3.39. The van der Waals surface area contributed by atoms with Crippen LogP contribution in [-0.4, -0.2) is 31.9 Å². The topological polar surface area (TPSA) is 70.6 Å². The summed E-state index contributed by atoms with van der Waals surface area (Å²) in [5.74, 6) is 6.27. The molecule has 0 saturated heterocycles. The normalized spacial score (nSPS) is 9.06. The maximum atomic E-state index is 11.3. The number of amides is 2. The van der Waals surface area contributed by atoms with Gasteiger partial charge in [0.25, 0.3) is 0 Å². The monoisotopic (exact) mass is 248 g/mol. The van der Waals surface area contributed by atoms with Crippen molar-refractivity contribution in [2.24, 2.45) is 0 Å². The van der Waals surface area contributed by atoms with Gasteiger partial charge < -0.3 is 20.5 Å². The largest absolute Gasteiger partial charge is 0.495 e. The smallest absolute Gasteiger partial charge is 0.319 e. The van der Waals surface area contributed by atoms with Crippen LogP contribution in [0.25, 0.3) is 0 Å². The average Bonchev–Trinajstić information content (AvgIpc) is 2.39. The molecule has 1 aromatic rings. The van der Waals surface area contributed by atoms with Gasteiger partial charge in [-0.2, -0.15) is 0 Å². The van der Waals surface area contributed by atoms with Gasteiger partial charge in [0.2, 0.25) is 0 Å². The Kier molecular flexibility index (Phi) is 5.55. The van der Waals surface area contributed by atoms with Crippen molar-refractivity contribution >= 4 is 11.7 Å². The van der Waals surface area contributed by atoms with Gasteiger partial charge in [-0.05, 0) is 18.2 Å². The van der Waals surface area contributed by atoms with Crippen molar-refractivity contribution in [2.45, 2.75) is 6.42 Å². The van der Waals surface area contributed by atoms with Crippen LogP contribution in [0, 0.1) is 11.8 Å². The summed E-state index contributed by atoms with van der Waals surface area (Å²) in [5, 5.41) is 13.8. The molecular formula is C13H16N2O3. The molecule has 0 aliphatic rings. The molecule has 0 unspecified atom stereocenters. The van der Waals surface area contributed by atoms with Gasteiger partial charge in [0.15, 0.2) is 0 Å². The van der Waals surface area contributed by atoms with Crippen LogP contribution in [0.15, 0.2) is 18.2 Å². The molecule has 5 nitrogen and oxygen atoms in total. The van der Waals surface area contributed by atoms with E-state index in [1.807, 2.05) is 0 Å². The number of carbonyl (C=O) groups excluding carboxylic acids is 1. The Bertz CT molecular complexity index is 475. The lowest BCUT2D eigenvalue weighted by Gasteiger charge is -2.10. The third-order valence-corrected chi connectivity index (χ3v) is 2.14. The number of carbonyl (C=O) groups is 1. The summed E-state index contributed by atoms with van der Waals surface area (Å²) in [6.45, 7) is 0.0342. The van der Waals surface area contributed by atoms with Gasteiger partial charge in [0.05, 0.1) is 19.4 Å². The standard InChI is InChI=1S/C13H16N2O3/c1-14-13(17)15-11-9-10(5-3-4-8-16)6-7-12(11)18-2/h6-7,9,16H,4,8H2,1-2H3,(H2,14,15,17). The molecule has 0 spiro atoms. The van der Waals surface area contributed by atoms with Crippen molar-refractivity contribution in [3.63, 3.8) is 0 Å². The van der Waals surface area contributed by atoms with Crippen LogP contribution in [0.5, 0.6) is 5.75 Å². The molecule has 0 bridgehead atoms. The number of hydrogen-bond acceptors (Lipinski definition) is 3. The van der Waals surface area contributed by atoms with E-state index < -0.39 is 0 Å². The van der Waals surface area contributed by atoms with E-state index in [1.165, 1.54) is 14.2 Å². The van der Waals surface area contributed by atoms with Crippen molar-refractivity contribution < 1.29 is 14.6 Å². The maximum absolute atomic E-state index is 11.3. The first-order valence-electron chi connectivity index (χ1n) is 5.47. The van der Waals surface area contributed by atoms with E-state index in [1.54, 1.807) is 18.2 Å². The summed E-state index contributed by atoms with van der Waals surface area (Å²) in [6.07, 6.45) is 0.421. The Morgan fingerprint density at radius 1 is 1.50 bits per heavy atom. The zero-order valence-electron chi connectivity index (χ0n) is 10.4. The van der Waals surface area contributed by atoms with E-state index in [0.29, 0.717) is 17.9 Å². The van der Waals surface area contributed by atoms with E-state index >= 15 is 0 Å². The van der Waals surface area contributed by atoms with Crippen LogP contribution in [0.1, 0.15) is 12.0 Å². The Morgan fingerprint density at radius 3 is 2.89 bits per heavy atom. The van der Waals surface area contributed by atoms with Gasteiger partial charge in [-0.3, -0.25) is 0 Å². The third kappa shape index (κ3) is 4.00. The predicted molar refractivity (Wildman–Crippen MR) is 69.7 cm³/mol. The Labute approximate surface area is 106 Å². The van der Waals surface area contributed by atoms with Gasteiger partial charge in [0, 0.05) is 19.0 Å². The van der Waals surface area contributed by atoms with E-state index in [2.05, 4.69) is 22.5 Å². The predicted octanol–water partition coefficient (Wildman–Crippen LogP) is 1.18. The fourth-order valence-electron chi connectivity index (χ4n) is 1.29. The first-order valence-corrected chi connectivity index (χ1v) is 5.47. The molecule has 0 aromatic heterocycles. The van der Waals surface area contributed by atoms with Crippen LogP contribution in [-0.2, 0) is 0 Å². The first-order chi connectivity index (χ1) is 8.71. The maximum Gasteiger partial charge on any atom is 0.319 e. The van der Waals surface area contributed by atoms with Crippen LogP contribution in [0.3, 0.4) is 0 Å². The highest BCUT2D eigenvalue weighted by Crippen LogP contribution is 2.25. The molecule has 2 amide bonds. The van der Waals surface area contributed by atoms with Crippen molar-refractivity contribution in [3.05, 3.63) is 23.8 Å². The molecule has 18 heavy (non-hydrogen) atoms. The van der Waals surface area contributed by atoms with Gasteiger partial charge in [-0.1, -0.05) is 11.8 Å². The van der Waals surface area contributed by atoms with Crippen LogP contribution in [0.2, 0.25) is 0 Å². The number of aliphatic hydroxyl groups excluding tert-OH is 1. The molecule has 1 rings (SSSR count). The summed E-state index contributed by atoms with van der Waals surface area (Å²) >= 11 is 0. The minimum absolute atomic E-state index is 0.0342. The molecule has 96 valence electrons. The zero-order valence-corrected chi connectivity index (χ0v) is 10.4. The fourth-order valence-corrected chi connectivity index (χ4v) is 1.29. The first kappa shape index (κ1) is 13.9. The highest BCUT2D eigenvalue weighted by molar-refractivity contribution is 5.91. The summed E-state index contributed by atoms with van der Waals surface area (Å²) in [7, 11) is 3.06. The minimum atomic E-state index is -0.325.